The van der Waals surface area contributed by atoms with Crippen LogP contribution >= 0.6 is 0 Å². The van der Waals surface area contributed by atoms with Gasteiger partial charge in [-0.1, -0.05) is 35.9 Å². The van der Waals surface area contributed by atoms with Crippen molar-refractivity contribution in [3.8, 4) is 0 Å². The number of carbonyl (C=O) groups is 2. The molecule has 1 saturated heterocycles. The van der Waals surface area contributed by atoms with E-state index in [1.54, 1.807) is 7.11 Å². The number of methoxy groups -OCH3 is 1. The van der Waals surface area contributed by atoms with E-state index in [9.17, 15) is 9.59 Å². The van der Waals surface area contributed by atoms with Gasteiger partial charge in [-0.15, -0.1) is 0 Å². The monoisotopic (exact) mass is 354 g/mol. The van der Waals surface area contributed by atoms with Gasteiger partial charge in [0.1, 0.15) is 0 Å². The van der Waals surface area contributed by atoms with Gasteiger partial charge in [-0.25, -0.2) is 0 Å². The fraction of sp³-hybridized carbons (Fsp3) is 0.455. The molecule has 4 nitrogen and oxygen atoms in total. The Kier molecular flexibility index (Phi) is 5.84. The van der Waals surface area contributed by atoms with Crippen molar-refractivity contribution in [1.82, 2.24) is 0 Å². The van der Waals surface area contributed by atoms with E-state index in [4.69, 9.17) is 9.47 Å². The van der Waals surface area contributed by atoms with Crippen LogP contribution in [0.1, 0.15) is 54.9 Å². The Labute approximate surface area is 154 Å². The molecule has 0 aromatic heterocycles. The first kappa shape index (κ1) is 18.7. The number of ether oxygens (including phenoxy) is 2. The highest BCUT2D eigenvalue weighted by atomic mass is 16.5. The van der Waals surface area contributed by atoms with E-state index in [0.717, 1.165) is 22.3 Å². The number of carbonyl (C=O) groups excluding carboxylic acids is 2. The van der Waals surface area contributed by atoms with Gasteiger partial charge in [0.05, 0.1) is 19.3 Å². The highest BCUT2D eigenvalue weighted by Crippen LogP contribution is 2.28. The topological polar surface area (TPSA) is 52.6 Å². The van der Waals surface area contributed by atoms with Crippen LogP contribution in [0.25, 0.3) is 0 Å². The predicted octanol–water partition coefficient (Wildman–Crippen LogP) is 4.01. The van der Waals surface area contributed by atoms with E-state index in [2.05, 4.69) is 0 Å². The zero-order valence-electron chi connectivity index (χ0n) is 15.7. The van der Waals surface area contributed by atoms with Gasteiger partial charge in [0, 0.05) is 31.4 Å². The Bertz CT molecular complexity index is 755. The first-order chi connectivity index (χ1) is 12.5. The molecule has 0 radical (unpaired) electrons. The Morgan fingerprint density at radius 1 is 1.19 bits per heavy atom. The maximum absolute atomic E-state index is 12.5. The first-order valence-corrected chi connectivity index (χ1v) is 9.13. The molecule has 2 aliphatic rings. The van der Waals surface area contributed by atoms with Crippen molar-refractivity contribution in [3.63, 3.8) is 0 Å². The average molecular weight is 354 g/mol. The van der Waals surface area contributed by atoms with E-state index in [1.165, 1.54) is 0 Å². The summed E-state index contributed by atoms with van der Waals surface area (Å²) < 4.78 is 10.9. The molecule has 1 heterocycles. The number of ketones is 2. The summed E-state index contributed by atoms with van der Waals surface area (Å²) in [6.07, 6.45) is 3.46. The van der Waals surface area contributed by atoms with Gasteiger partial charge in [-0.3, -0.25) is 9.59 Å². The van der Waals surface area contributed by atoms with Crippen LogP contribution in [0.2, 0.25) is 0 Å². The number of allylic oxidation sites excluding steroid dienone is 4. The van der Waals surface area contributed by atoms with Crippen LogP contribution in [0, 0.1) is 0 Å². The summed E-state index contributed by atoms with van der Waals surface area (Å²) in [5.74, 6) is 0.436. The summed E-state index contributed by atoms with van der Waals surface area (Å²) in [6.45, 7) is 5.17. The number of benzene rings is 1. The van der Waals surface area contributed by atoms with Crippen LogP contribution in [0.3, 0.4) is 0 Å². The lowest BCUT2D eigenvalue weighted by molar-refractivity contribution is -0.115. The fourth-order valence-corrected chi connectivity index (χ4v) is 3.80. The summed E-state index contributed by atoms with van der Waals surface area (Å²) in [6, 6.07) is 7.72. The summed E-state index contributed by atoms with van der Waals surface area (Å²) in [4.78, 5) is 24.7. The first-order valence-electron chi connectivity index (χ1n) is 9.13. The molecule has 1 aliphatic carbocycles. The Morgan fingerprint density at radius 3 is 2.58 bits per heavy atom. The largest absolute Gasteiger partial charge is 0.378 e. The van der Waals surface area contributed by atoms with E-state index in [1.807, 2.05) is 44.2 Å². The standard InChI is InChI=1S/C22H26O4/c1-14-10-15(2)18(21(24)11-14)8-9-20(23)17-6-4-16(5-7-17)19-12-26-13-22(19)25-3/h4-7,10,19,22H,8-9,11-13H2,1-3H3. The normalized spacial score (nSPS) is 23.3. The van der Waals surface area contributed by atoms with Crippen LogP contribution in [0.15, 0.2) is 47.1 Å². The zero-order valence-corrected chi connectivity index (χ0v) is 15.7. The molecule has 0 spiro atoms. The third-order valence-corrected chi connectivity index (χ3v) is 5.31. The number of hydrogen-bond acceptors (Lipinski definition) is 4. The maximum Gasteiger partial charge on any atom is 0.163 e. The third kappa shape index (κ3) is 4.02. The maximum atomic E-state index is 12.5. The number of Topliss-reactive ketones (excluding diaryl/α,β-unsaturated/α-hetero) is 2. The lowest BCUT2D eigenvalue weighted by Crippen LogP contribution is -2.18. The molecule has 1 aromatic carbocycles. The Morgan fingerprint density at radius 2 is 1.92 bits per heavy atom. The minimum absolute atomic E-state index is 0.0697. The van der Waals surface area contributed by atoms with E-state index in [-0.39, 0.29) is 23.6 Å². The number of rotatable bonds is 6. The minimum Gasteiger partial charge on any atom is -0.378 e. The van der Waals surface area contributed by atoms with Crippen molar-refractivity contribution < 1.29 is 19.1 Å². The van der Waals surface area contributed by atoms with Crippen molar-refractivity contribution in [2.45, 2.75) is 45.1 Å². The quantitative estimate of drug-likeness (QED) is 0.724. The van der Waals surface area contributed by atoms with Crippen LogP contribution in [0.4, 0.5) is 0 Å². The van der Waals surface area contributed by atoms with Crippen LogP contribution in [0.5, 0.6) is 0 Å². The van der Waals surface area contributed by atoms with Gasteiger partial charge in [-0.05, 0) is 37.0 Å². The van der Waals surface area contributed by atoms with Crippen LogP contribution in [-0.4, -0.2) is 38.0 Å². The van der Waals surface area contributed by atoms with Crippen molar-refractivity contribution in [2.24, 2.45) is 0 Å². The molecule has 0 N–H and O–H groups in total. The summed E-state index contributed by atoms with van der Waals surface area (Å²) >= 11 is 0. The van der Waals surface area contributed by atoms with Gasteiger partial charge in [-0.2, -0.15) is 0 Å². The highest BCUT2D eigenvalue weighted by Gasteiger charge is 2.29. The van der Waals surface area contributed by atoms with E-state index >= 15 is 0 Å². The Hall–Kier alpha value is -2.04. The lowest BCUT2D eigenvalue weighted by Gasteiger charge is -2.17. The smallest absolute Gasteiger partial charge is 0.163 e. The fourth-order valence-electron chi connectivity index (χ4n) is 3.80. The molecule has 4 heteroatoms. The second-order valence-corrected chi connectivity index (χ2v) is 7.22. The van der Waals surface area contributed by atoms with Gasteiger partial charge in [0.15, 0.2) is 11.6 Å². The van der Waals surface area contributed by atoms with Gasteiger partial charge < -0.3 is 9.47 Å². The zero-order chi connectivity index (χ0) is 18.7. The minimum atomic E-state index is 0.0697. The highest BCUT2D eigenvalue weighted by molar-refractivity contribution is 6.01. The van der Waals surface area contributed by atoms with Gasteiger partial charge in [0.2, 0.25) is 0 Å². The Balaban J connectivity index is 1.64. The van der Waals surface area contributed by atoms with Crippen molar-refractivity contribution >= 4 is 11.6 Å². The van der Waals surface area contributed by atoms with Crippen molar-refractivity contribution in [2.75, 3.05) is 20.3 Å². The van der Waals surface area contributed by atoms with Crippen molar-refractivity contribution in [1.29, 1.82) is 0 Å². The SMILES string of the molecule is COC1COCC1c1ccc(C(=O)CCC2=C(C)C=C(C)CC2=O)cc1. The molecule has 0 amide bonds. The molecule has 0 bridgehead atoms. The molecule has 0 saturated carbocycles. The van der Waals surface area contributed by atoms with E-state index < -0.39 is 0 Å². The number of hydrogen-bond donors (Lipinski definition) is 0. The molecule has 1 aliphatic heterocycles. The van der Waals surface area contributed by atoms with Gasteiger partial charge in [0.25, 0.3) is 0 Å². The molecule has 3 rings (SSSR count). The lowest BCUT2D eigenvalue weighted by atomic mass is 9.88. The second-order valence-electron chi connectivity index (χ2n) is 7.22. The van der Waals surface area contributed by atoms with Crippen molar-refractivity contribution in [3.05, 3.63) is 58.2 Å². The molecule has 1 aromatic rings. The average Bonchev–Trinajstić information content (AvgIpc) is 3.09. The molecule has 1 fully saturated rings. The summed E-state index contributed by atoms with van der Waals surface area (Å²) in [5.41, 5.74) is 4.70. The predicted molar refractivity (Wildman–Crippen MR) is 100 cm³/mol. The van der Waals surface area contributed by atoms with Crippen LogP contribution < -0.4 is 0 Å². The second kappa shape index (κ2) is 8.11. The summed E-state index contributed by atoms with van der Waals surface area (Å²) in [7, 11) is 1.70. The van der Waals surface area contributed by atoms with E-state index in [0.29, 0.717) is 38.0 Å². The molecule has 138 valence electrons. The van der Waals surface area contributed by atoms with Gasteiger partial charge >= 0.3 is 0 Å². The van der Waals surface area contributed by atoms with Crippen LogP contribution in [-0.2, 0) is 14.3 Å². The molecule has 2 atom stereocenters. The molecular formula is C22H26O4. The molecular weight excluding hydrogens is 328 g/mol. The molecule has 26 heavy (non-hydrogen) atoms. The third-order valence-electron chi connectivity index (χ3n) is 5.31. The summed E-state index contributed by atoms with van der Waals surface area (Å²) in [5, 5.41) is 0. The molecule has 2 unspecified atom stereocenters.